The van der Waals surface area contributed by atoms with Crippen molar-refractivity contribution in [1.82, 2.24) is 0 Å². The molecule has 1 unspecified atom stereocenters. The summed E-state index contributed by atoms with van der Waals surface area (Å²) in [6.07, 6.45) is 6.24. The van der Waals surface area contributed by atoms with Gasteiger partial charge in [-0.1, -0.05) is 0 Å². The molecule has 2 aliphatic rings. The third-order valence-electron chi connectivity index (χ3n) is 4.64. The Hall–Kier alpha value is -0.850. The largest absolute Gasteiger partial charge is 0.497 e. The highest BCUT2D eigenvalue weighted by molar-refractivity contribution is 8.18. The molecule has 1 saturated carbocycles. The Labute approximate surface area is 139 Å². The van der Waals surface area contributed by atoms with Crippen molar-refractivity contribution in [2.24, 2.45) is 5.92 Å². The average Bonchev–Trinajstić information content (AvgIpc) is 3.39. The smallest absolute Gasteiger partial charge is 0.265 e. The standard InChI is InChI=1S/C16H21NO3S2/c1-19-13-9-7-12(8-10-13)17-14(18)15(20-2,11-5-6-11)16(17,21-3)22-4/h7-11H,5-6H2,1-4H3. The van der Waals surface area contributed by atoms with Crippen LogP contribution in [0, 0.1) is 5.92 Å². The molecule has 120 valence electrons. The Bertz CT molecular complexity index is 569. The predicted octanol–water partition coefficient (Wildman–Crippen LogP) is 3.22. The number of hydrogen-bond donors (Lipinski definition) is 0. The lowest BCUT2D eigenvalue weighted by Gasteiger charge is -2.62. The third kappa shape index (κ3) is 1.87. The maximum Gasteiger partial charge on any atom is 0.265 e. The van der Waals surface area contributed by atoms with Crippen molar-refractivity contribution in [3.8, 4) is 5.75 Å². The van der Waals surface area contributed by atoms with Gasteiger partial charge in [-0.15, -0.1) is 23.5 Å². The van der Waals surface area contributed by atoms with Crippen LogP contribution in [0.1, 0.15) is 12.8 Å². The van der Waals surface area contributed by atoms with Gasteiger partial charge in [-0.05, 0) is 49.6 Å². The second kappa shape index (κ2) is 5.65. The highest BCUT2D eigenvalue weighted by Gasteiger charge is 2.77. The number of rotatable bonds is 6. The number of benzene rings is 1. The Morgan fingerprint density at radius 3 is 2.14 bits per heavy atom. The lowest BCUT2D eigenvalue weighted by atomic mass is 9.85. The van der Waals surface area contributed by atoms with Crippen LogP contribution >= 0.6 is 23.5 Å². The van der Waals surface area contributed by atoms with E-state index in [0.717, 1.165) is 24.3 Å². The van der Waals surface area contributed by atoms with Crippen LogP contribution in [-0.4, -0.2) is 42.4 Å². The van der Waals surface area contributed by atoms with Crippen LogP contribution < -0.4 is 9.64 Å². The summed E-state index contributed by atoms with van der Waals surface area (Å²) in [5, 5.41) is 0. The van der Waals surface area contributed by atoms with Gasteiger partial charge in [0.15, 0.2) is 9.80 Å². The number of ether oxygens (including phenoxy) is 2. The van der Waals surface area contributed by atoms with E-state index < -0.39 is 9.80 Å². The van der Waals surface area contributed by atoms with Crippen molar-refractivity contribution in [1.29, 1.82) is 0 Å². The van der Waals surface area contributed by atoms with Gasteiger partial charge in [0.2, 0.25) is 0 Å². The molecule has 1 aromatic carbocycles. The van der Waals surface area contributed by atoms with Gasteiger partial charge in [0.25, 0.3) is 5.91 Å². The molecule has 0 aromatic heterocycles. The van der Waals surface area contributed by atoms with Crippen LogP contribution in [0.2, 0.25) is 0 Å². The Morgan fingerprint density at radius 2 is 1.73 bits per heavy atom. The maximum atomic E-state index is 13.0. The van der Waals surface area contributed by atoms with E-state index in [0.29, 0.717) is 5.92 Å². The first-order valence-corrected chi connectivity index (χ1v) is 9.70. The zero-order valence-corrected chi connectivity index (χ0v) is 14.9. The number of amides is 1. The highest BCUT2D eigenvalue weighted by Crippen LogP contribution is 2.65. The van der Waals surface area contributed by atoms with Crippen LogP contribution in [0.15, 0.2) is 24.3 Å². The average molecular weight is 339 g/mol. The third-order valence-corrected chi connectivity index (χ3v) is 7.72. The molecule has 1 aliphatic carbocycles. The highest BCUT2D eigenvalue weighted by atomic mass is 32.2. The summed E-state index contributed by atoms with van der Waals surface area (Å²) in [6.45, 7) is 0. The normalized spacial score (nSPS) is 26.7. The van der Waals surface area contributed by atoms with E-state index in [-0.39, 0.29) is 5.91 Å². The molecule has 1 aliphatic heterocycles. The van der Waals surface area contributed by atoms with Crippen molar-refractivity contribution in [3.63, 3.8) is 0 Å². The van der Waals surface area contributed by atoms with Crippen LogP contribution in [0.5, 0.6) is 5.75 Å². The number of thioether (sulfide) groups is 2. The van der Waals surface area contributed by atoms with Gasteiger partial charge in [-0.3, -0.25) is 9.69 Å². The molecule has 1 atom stereocenters. The number of anilines is 1. The second-order valence-electron chi connectivity index (χ2n) is 5.54. The van der Waals surface area contributed by atoms with E-state index in [1.54, 1.807) is 37.7 Å². The quantitative estimate of drug-likeness (QED) is 0.588. The van der Waals surface area contributed by atoms with Crippen LogP contribution in [0.4, 0.5) is 5.69 Å². The number of carbonyl (C=O) groups excluding carboxylic acids is 1. The molecule has 0 radical (unpaired) electrons. The zero-order chi connectivity index (χ0) is 16.0. The van der Waals surface area contributed by atoms with Crippen molar-refractivity contribution in [2.45, 2.75) is 22.6 Å². The molecule has 2 fully saturated rings. The summed E-state index contributed by atoms with van der Waals surface area (Å²) in [5.41, 5.74) is 0.189. The van der Waals surface area contributed by atoms with Crippen LogP contribution in [-0.2, 0) is 9.53 Å². The van der Waals surface area contributed by atoms with Gasteiger partial charge in [0, 0.05) is 18.7 Å². The fourth-order valence-electron chi connectivity index (χ4n) is 3.44. The first-order chi connectivity index (χ1) is 10.6. The van der Waals surface area contributed by atoms with Gasteiger partial charge >= 0.3 is 0 Å². The lowest BCUT2D eigenvalue weighted by molar-refractivity contribution is -0.159. The van der Waals surface area contributed by atoms with E-state index in [4.69, 9.17) is 9.47 Å². The summed E-state index contributed by atoms with van der Waals surface area (Å²) in [5.74, 6) is 1.20. The van der Waals surface area contributed by atoms with Crippen molar-refractivity contribution in [3.05, 3.63) is 24.3 Å². The SMILES string of the molecule is COc1ccc(N2C(=O)C(OC)(C3CC3)C2(SC)SC)cc1. The number of hydrogen-bond acceptors (Lipinski definition) is 5. The minimum atomic E-state index is -0.703. The molecule has 0 N–H and O–H groups in total. The molecule has 22 heavy (non-hydrogen) atoms. The predicted molar refractivity (Wildman–Crippen MR) is 92.7 cm³/mol. The summed E-state index contributed by atoms with van der Waals surface area (Å²) in [7, 11) is 3.31. The van der Waals surface area contributed by atoms with Crippen molar-refractivity contribution >= 4 is 35.1 Å². The van der Waals surface area contributed by atoms with Crippen molar-refractivity contribution in [2.75, 3.05) is 31.6 Å². The van der Waals surface area contributed by atoms with Gasteiger partial charge < -0.3 is 9.47 Å². The first-order valence-electron chi connectivity index (χ1n) is 7.25. The topological polar surface area (TPSA) is 38.8 Å². The Kier molecular flexibility index (Phi) is 4.12. The molecule has 1 amide bonds. The Balaban J connectivity index is 2.02. The minimum Gasteiger partial charge on any atom is -0.497 e. The second-order valence-corrected chi connectivity index (χ2v) is 7.80. The molecule has 3 rings (SSSR count). The number of carbonyl (C=O) groups is 1. The molecule has 1 heterocycles. The monoisotopic (exact) mass is 339 g/mol. The molecule has 6 heteroatoms. The molecule has 1 aromatic rings. The molecular formula is C16H21NO3S2. The first kappa shape index (κ1) is 16.0. The van der Waals surface area contributed by atoms with E-state index in [1.807, 2.05) is 29.2 Å². The van der Waals surface area contributed by atoms with Crippen LogP contribution in [0.25, 0.3) is 0 Å². The van der Waals surface area contributed by atoms with Gasteiger partial charge in [-0.25, -0.2) is 0 Å². The minimum absolute atomic E-state index is 0.0753. The van der Waals surface area contributed by atoms with Crippen molar-refractivity contribution < 1.29 is 14.3 Å². The van der Waals surface area contributed by atoms with E-state index in [9.17, 15) is 4.79 Å². The fraction of sp³-hybridized carbons (Fsp3) is 0.562. The molecule has 1 saturated heterocycles. The fourth-order valence-corrected chi connectivity index (χ4v) is 6.13. The summed E-state index contributed by atoms with van der Waals surface area (Å²) in [6, 6.07) is 7.64. The summed E-state index contributed by atoms with van der Waals surface area (Å²) < 4.78 is 10.6. The van der Waals surface area contributed by atoms with Crippen LogP contribution in [0.3, 0.4) is 0 Å². The zero-order valence-electron chi connectivity index (χ0n) is 13.3. The van der Waals surface area contributed by atoms with E-state index >= 15 is 0 Å². The molecule has 0 bridgehead atoms. The summed E-state index contributed by atoms with van der Waals surface area (Å²) in [4.78, 5) is 14.9. The van der Waals surface area contributed by atoms with Gasteiger partial charge in [0.05, 0.1) is 7.11 Å². The van der Waals surface area contributed by atoms with Gasteiger partial charge in [0.1, 0.15) is 5.75 Å². The molecular weight excluding hydrogens is 318 g/mol. The van der Waals surface area contributed by atoms with E-state index in [2.05, 4.69) is 12.5 Å². The Morgan fingerprint density at radius 1 is 1.14 bits per heavy atom. The maximum absolute atomic E-state index is 13.0. The number of methoxy groups -OCH3 is 2. The number of nitrogens with zero attached hydrogens (tertiary/aromatic N) is 1. The van der Waals surface area contributed by atoms with E-state index in [1.165, 1.54) is 0 Å². The molecule has 0 spiro atoms. The number of β-lactam (4-membered cyclic amide) rings is 1. The summed E-state index contributed by atoms with van der Waals surface area (Å²) >= 11 is 3.37. The lowest BCUT2D eigenvalue weighted by Crippen LogP contribution is -2.81. The molecule has 4 nitrogen and oxygen atoms in total. The van der Waals surface area contributed by atoms with Gasteiger partial charge in [-0.2, -0.15) is 0 Å².